The van der Waals surface area contributed by atoms with Gasteiger partial charge in [0.25, 0.3) is 5.91 Å². The molecule has 1 heterocycles. The van der Waals surface area contributed by atoms with E-state index in [9.17, 15) is 9.59 Å². The molecule has 2 aromatic rings. The molecular weight excluding hydrogens is 540 g/mol. The Kier molecular flexibility index (Phi) is 7.57. The number of aliphatic carboxylic acids is 1. The zero-order valence-corrected chi connectivity index (χ0v) is 19.6. The number of carbonyl (C=O) groups is 2. The largest absolute Gasteiger partial charge is 0.490 e. The molecule has 1 aliphatic heterocycles. The maximum atomic E-state index is 12.4. The van der Waals surface area contributed by atoms with Gasteiger partial charge in [-0.25, -0.2) is 9.79 Å². The third-order valence-corrected chi connectivity index (χ3v) is 5.86. The molecule has 156 valence electrons. The number of carboxylic acid groups (broad SMARTS) is 1. The number of ether oxygens (including phenoxy) is 2. The Bertz CT molecular complexity index is 1060. The fourth-order valence-electron chi connectivity index (χ4n) is 2.49. The summed E-state index contributed by atoms with van der Waals surface area (Å²) in [5, 5.41) is 12.1. The third-order valence-electron chi connectivity index (χ3n) is 3.69. The van der Waals surface area contributed by atoms with Crippen molar-refractivity contribution < 1.29 is 24.2 Å². The lowest BCUT2D eigenvalue weighted by Gasteiger charge is -2.13. The molecule has 1 amide bonds. The molecule has 1 saturated heterocycles. The van der Waals surface area contributed by atoms with Gasteiger partial charge in [0.2, 0.25) is 0 Å². The molecular formula is C20H16Br2N2O5S. The maximum absolute atomic E-state index is 12.4. The van der Waals surface area contributed by atoms with Gasteiger partial charge >= 0.3 is 5.97 Å². The predicted octanol–water partition coefficient (Wildman–Crippen LogP) is 4.97. The number of rotatable bonds is 7. The van der Waals surface area contributed by atoms with Crippen LogP contribution in [0.5, 0.6) is 11.5 Å². The number of nitrogens with one attached hydrogen (secondary N) is 1. The second kappa shape index (κ2) is 10.1. The fraction of sp³-hybridized carbons (Fsp3) is 0.150. The van der Waals surface area contributed by atoms with E-state index in [1.54, 1.807) is 18.2 Å². The summed E-state index contributed by atoms with van der Waals surface area (Å²) >= 11 is 8.04. The first kappa shape index (κ1) is 22.4. The molecule has 1 aliphatic rings. The Labute approximate surface area is 193 Å². The van der Waals surface area contributed by atoms with E-state index in [0.717, 1.165) is 4.47 Å². The van der Waals surface area contributed by atoms with Crippen molar-refractivity contribution in [3.8, 4) is 11.5 Å². The first-order valence-corrected chi connectivity index (χ1v) is 11.1. The van der Waals surface area contributed by atoms with Crippen LogP contribution < -0.4 is 14.8 Å². The van der Waals surface area contributed by atoms with E-state index < -0.39 is 12.6 Å². The van der Waals surface area contributed by atoms with Crippen LogP contribution in [0, 0.1) is 0 Å². The van der Waals surface area contributed by atoms with Crippen molar-refractivity contribution in [2.24, 2.45) is 4.99 Å². The minimum absolute atomic E-state index is 0.258. The Balaban J connectivity index is 1.88. The predicted molar refractivity (Wildman–Crippen MR) is 123 cm³/mol. The number of benzene rings is 2. The second-order valence-electron chi connectivity index (χ2n) is 5.88. The van der Waals surface area contributed by atoms with Gasteiger partial charge in [-0.2, -0.15) is 0 Å². The summed E-state index contributed by atoms with van der Waals surface area (Å²) in [4.78, 5) is 28.1. The molecule has 0 spiro atoms. The number of nitrogens with zero attached hydrogens (tertiary/aromatic N) is 1. The van der Waals surface area contributed by atoms with Crippen molar-refractivity contribution in [3.63, 3.8) is 0 Å². The van der Waals surface area contributed by atoms with Gasteiger partial charge in [0, 0.05) is 4.47 Å². The Morgan fingerprint density at radius 1 is 1.23 bits per heavy atom. The van der Waals surface area contributed by atoms with Crippen LogP contribution in [0.4, 0.5) is 5.69 Å². The zero-order valence-electron chi connectivity index (χ0n) is 15.6. The summed E-state index contributed by atoms with van der Waals surface area (Å²) in [6.45, 7) is 1.69. The number of carboxylic acids is 1. The Morgan fingerprint density at radius 2 is 2.00 bits per heavy atom. The highest BCUT2D eigenvalue weighted by Gasteiger charge is 2.24. The number of halogens is 2. The van der Waals surface area contributed by atoms with E-state index in [2.05, 4.69) is 42.2 Å². The summed E-state index contributed by atoms with van der Waals surface area (Å²) in [5.74, 6) is -0.677. The van der Waals surface area contributed by atoms with Crippen LogP contribution in [0.15, 0.2) is 55.2 Å². The number of para-hydroxylation sites is 1. The van der Waals surface area contributed by atoms with Gasteiger partial charge in [-0.05, 0) is 86.5 Å². The highest BCUT2D eigenvalue weighted by molar-refractivity contribution is 9.11. The van der Waals surface area contributed by atoms with Crippen molar-refractivity contribution in [1.29, 1.82) is 0 Å². The molecule has 1 fully saturated rings. The van der Waals surface area contributed by atoms with Gasteiger partial charge in [-0.15, -0.1) is 0 Å². The molecule has 30 heavy (non-hydrogen) atoms. The zero-order chi connectivity index (χ0) is 21.7. The van der Waals surface area contributed by atoms with Crippen molar-refractivity contribution in [2.45, 2.75) is 6.92 Å². The normalized spacial score (nSPS) is 16.0. The van der Waals surface area contributed by atoms with Gasteiger partial charge in [0.1, 0.15) is 0 Å². The molecule has 0 aliphatic carbocycles. The number of aliphatic imine (C=N–C) groups is 1. The van der Waals surface area contributed by atoms with Gasteiger partial charge in [-0.3, -0.25) is 4.79 Å². The molecule has 0 atom stereocenters. The molecule has 2 N–H and O–H groups in total. The van der Waals surface area contributed by atoms with Gasteiger partial charge < -0.3 is 19.9 Å². The minimum Gasteiger partial charge on any atom is -0.490 e. The van der Waals surface area contributed by atoms with Crippen molar-refractivity contribution in [1.82, 2.24) is 5.32 Å². The first-order valence-electron chi connectivity index (χ1n) is 8.72. The number of hydrogen-bond donors (Lipinski definition) is 2. The lowest BCUT2D eigenvalue weighted by molar-refractivity contribution is -0.139. The molecule has 7 nitrogen and oxygen atoms in total. The van der Waals surface area contributed by atoms with Crippen LogP contribution in [0.3, 0.4) is 0 Å². The average molecular weight is 556 g/mol. The monoisotopic (exact) mass is 554 g/mol. The van der Waals surface area contributed by atoms with E-state index >= 15 is 0 Å². The third kappa shape index (κ3) is 5.65. The highest BCUT2D eigenvalue weighted by atomic mass is 79.9. The Hall–Kier alpha value is -2.30. The van der Waals surface area contributed by atoms with Crippen LogP contribution in [0.25, 0.3) is 6.08 Å². The number of amidine groups is 1. The van der Waals surface area contributed by atoms with E-state index in [0.29, 0.717) is 43.9 Å². The summed E-state index contributed by atoms with van der Waals surface area (Å²) in [6.07, 6.45) is 1.71. The Morgan fingerprint density at radius 3 is 2.70 bits per heavy atom. The van der Waals surface area contributed by atoms with Crippen molar-refractivity contribution >= 4 is 72.4 Å². The lowest BCUT2D eigenvalue weighted by Crippen LogP contribution is -2.19. The standard InChI is InChI=1S/C20H16Br2N2O5S/c1-2-28-15-8-11(7-13(22)18(15)29-10-17(25)26)9-16-19(27)24-20(30-16)23-14-6-4-3-5-12(14)21/h3-9H,2,10H2,1H3,(H,25,26)(H,23,24,27)/b16-9+. The molecule has 0 aromatic heterocycles. The summed E-state index contributed by atoms with van der Waals surface area (Å²) in [5.41, 5.74) is 1.40. The number of hydrogen-bond acceptors (Lipinski definition) is 6. The van der Waals surface area contributed by atoms with Crippen LogP contribution in [0.1, 0.15) is 12.5 Å². The van der Waals surface area contributed by atoms with Gasteiger partial charge in [0.05, 0.1) is 21.7 Å². The molecule has 0 bridgehead atoms. The molecule has 2 aromatic carbocycles. The molecule has 0 radical (unpaired) electrons. The minimum atomic E-state index is -1.09. The van der Waals surface area contributed by atoms with Crippen molar-refractivity contribution in [2.75, 3.05) is 13.2 Å². The van der Waals surface area contributed by atoms with E-state index in [4.69, 9.17) is 14.6 Å². The smallest absolute Gasteiger partial charge is 0.341 e. The van der Waals surface area contributed by atoms with Crippen molar-refractivity contribution in [3.05, 3.63) is 55.8 Å². The SMILES string of the molecule is CCOc1cc(/C=C2/SC(=Nc3ccccc3Br)NC2=O)cc(Br)c1OCC(=O)O. The highest BCUT2D eigenvalue weighted by Crippen LogP contribution is 2.38. The van der Waals surface area contributed by atoms with E-state index in [1.165, 1.54) is 11.8 Å². The van der Waals surface area contributed by atoms with Crippen LogP contribution in [-0.2, 0) is 9.59 Å². The van der Waals surface area contributed by atoms with Gasteiger partial charge in [-0.1, -0.05) is 12.1 Å². The number of amides is 1. The molecule has 3 rings (SSSR count). The first-order chi connectivity index (χ1) is 14.4. The number of thioether (sulfide) groups is 1. The summed E-state index contributed by atoms with van der Waals surface area (Å²) in [6, 6.07) is 10.9. The van der Waals surface area contributed by atoms with Crippen LogP contribution in [-0.4, -0.2) is 35.4 Å². The maximum Gasteiger partial charge on any atom is 0.341 e. The molecule has 0 saturated carbocycles. The molecule has 10 heteroatoms. The summed E-state index contributed by atoms with van der Waals surface area (Å²) in [7, 11) is 0. The van der Waals surface area contributed by atoms with Crippen LogP contribution in [0.2, 0.25) is 0 Å². The topological polar surface area (TPSA) is 97.2 Å². The molecule has 0 unspecified atom stereocenters. The van der Waals surface area contributed by atoms with Gasteiger partial charge in [0.15, 0.2) is 23.3 Å². The van der Waals surface area contributed by atoms with Crippen LogP contribution >= 0.6 is 43.6 Å². The number of carbonyl (C=O) groups excluding carboxylic acids is 1. The second-order valence-corrected chi connectivity index (χ2v) is 8.62. The quantitative estimate of drug-likeness (QED) is 0.468. The van der Waals surface area contributed by atoms with E-state index in [-0.39, 0.29) is 5.91 Å². The fourth-order valence-corrected chi connectivity index (χ4v) is 4.27. The summed E-state index contributed by atoms with van der Waals surface area (Å²) < 4.78 is 12.3. The van der Waals surface area contributed by atoms with E-state index in [1.807, 2.05) is 31.2 Å². The average Bonchev–Trinajstić information content (AvgIpc) is 3.02. The lowest BCUT2D eigenvalue weighted by atomic mass is 10.2.